The number of aromatic nitrogens is 1. The Morgan fingerprint density at radius 3 is 2.55 bits per heavy atom. The molecule has 8 heteroatoms. The number of nitrogens with zero attached hydrogens (tertiary/aromatic N) is 1. The molecular formula is C23H32N4O3S. The van der Waals surface area contributed by atoms with Crippen LogP contribution in [0.5, 0.6) is 5.75 Å². The summed E-state index contributed by atoms with van der Waals surface area (Å²) in [5.41, 5.74) is 8.09. The SMILES string of the molecule is Cc1ncsc1-c1ccc([C@](C)(NC(=O)C2CCCN2)C(=O)[C@@H](N)C(C)(C)C)c(O)c1. The lowest BCUT2D eigenvalue weighted by atomic mass is 9.75. The Labute approximate surface area is 187 Å². The molecule has 3 atom stereocenters. The minimum atomic E-state index is -1.47. The fourth-order valence-corrected chi connectivity index (χ4v) is 4.68. The lowest BCUT2D eigenvalue weighted by molar-refractivity contribution is -0.135. The predicted octanol–water partition coefficient (Wildman–Crippen LogP) is 2.85. The Bertz CT molecular complexity index is 975. The number of benzene rings is 1. The number of carbonyl (C=O) groups is 2. The number of aryl methyl sites for hydroxylation is 1. The molecule has 168 valence electrons. The Morgan fingerprint density at radius 1 is 1.32 bits per heavy atom. The third-order valence-electron chi connectivity index (χ3n) is 6.00. The molecule has 1 aromatic heterocycles. The second-order valence-corrected chi connectivity index (χ2v) is 10.3. The van der Waals surface area contributed by atoms with Crippen LogP contribution in [-0.2, 0) is 15.1 Å². The number of rotatable bonds is 6. The number of aromatic hydroxyl groups is 1. The number of Topliss-reactive ketones (excluding diaryl/α,β-unsaturated/α-hetero) is 1. The number of thiazole rings is 1. The Hall–Kier alpha value is -2.29. The van der Waals surface area contributed by atoms with Gasteiger partial charge in [0.15, 0.2) is 5.78 Å². The first-order chi connectivity index (χ1) is 14.4. The van der Waals surface area contributed by atoms with Gasteiger partial charge < -0.3 is 21.5 Å². The van der Waals surface area contributed by atoms with E-state index in [9.17, 15) is 14.7 Å². The summed E-state index contributed by atoms with van der Waals surface area (Å²) in [6, 6.07) is 3.95. The number of nitrogens with one attached hydrogen (secondary N) is 2. The van der Waals surface area contributed by atoms with E-state index in [2.05, 4.69) is 15.6 Å². The predicted molar refractivity (Wildman–Crippen MR) is 123 cm³/mol. The van der Waals surface area contributed by atoms with Crippen LogP contribution in [0.25, 0.3) is 10.4 Å². The fraction of sp³-hybridized carbons (Fsp3) is 0.522. The van der Waals surface area contributed by atoms with Crippen LogP contribution in [0, 0.1) is 12.3 Å². The molecule has 1 aromatic carbocycles. The first-order valence-electron chi connectivity index (χ1n) is 10.5. The van der Waals surface area contributed by atoms with Crippen molar-refractivity contribution in [2.24, 2.45) is 11.1 Å². The Kier molecular flexibility index (Phi) is 6.55. The van der Waals surface area contributed by atoms with Gasteiger partial charge in [0.25, 0.3) is 0 Å². The standard InChI is InChI=1S/C23H32N4O3S/c1-13-18(31-12-26-13)14-8-9-15(17(28)11-14)23(5,20(29)19(24)22(2,3)4)27-21(30)16-7-6-10-25-16/h8-9,11-12,16,19,25,28H,6-7,10,24H2,1-5H3,(H,27,30)/t16?,19-,23+/m1/s1. The summed E-state index contributed by atoms with van der Waals surface area (Å²) in [4.78, 5) is 31.8. The number of phenols is 1. The molecule has 2 heterocycles. The van der Waals surface area contributed by atoms with Crippen LogP contribution in [0.3, 0.4) is 0 Å². The first kappa shape index (κ1) is 23.4. The summed E-state index contributed by atoms with van der Waals surface area (Å²) in [5, 5.41) is 17.0. The number of ketones is 1. The van der Waals surface area contributed by atoms with E-state index in [0.717, 1.165) is 29.1 Å². The molecule has 0 saturated carbocycles. The van der Waals surface area contributed by atoms with Crippen LogP contribution in [0.4, 0.5) is 0 Å². The van der Waals surface area contributed by atoms with Crippen LogP contribution >= 0.6 is 11.3 Å². The van der Waals surface area contributed by atoms with E-state index >= 15 is 0 Å². The summed E-state index contributed by atoms with van der Waals surface area (Å²) in [6.45, 7) is 9.93. The van der Waals surface area contributed by atoms with Crippen molar-refractivity contribution >= 4 is 23.0 Å². The molecule has 1 fully saturated rings. The van der Waals surface area contributed by atoms with Crippen LogP contribution in [-0.4, -0.2) is 40.4 Å². The molecule has 1 unspecified atom stereocenters. The molecule has 0 aliphatic carbocycles. The Morgan fingerprint density at radius 2 is 2.03 bits per heavy atom. The molecule has 1 amide bonds. The summed E-state index contributed by atoms with van der Waals surface area (Å²) >= 11 is 1.48. The third-order valence-corrected chi connectivity index (χ3v) is 6.98. The van der Waals surface area contributed by atoms with Gasteiger partial charge in [-0.2, -0.15) is 0 Å². The lowest BCUT2D eigenvalue weighted by Gasteiger charge is -2.37. The van der Waals surface area contributed by atoms with Gasteiger partial charge in [-0.15, -0.1) is 11.3 Å². The van der Waals surface area contributed by atoms with Crippen molar-refractivity contribution in [3.63, 3.8) is 0 Å². The van der Waals surface area contributed by atoms with Crippen LogP contribution in [0.15, 0.2) is 23.7 Å². The minimum Gasteiger partial charge on any atom is -0.508 e. The van der Waals surface area contributed by atoms with Crippen molar-refractivity contribution in [3.05, 3.63) is 35.0 Å². The topological polar surface area (TPSA) is 117 Å². The van der Waals surface area contributed by atoms with Gasteiger partial charge in [0.2, 0.25) is 5.91 Å². The zero-order valence-electron chi connectivity index (χ0n) is 18.8. The first-order valence-corrected chi connectivity index (χ1v) is 11.4. The number of hydrogen-bond acceptors (Lipinski definition) is 7. The largest absolute Gasteiger partial charge is 0.508 e. The van der Waals surface area contributed by atoms with Gasteiger partial charge in [0, 0.05) is 5.56 Å². The highest BCUT2D eigenvalue weighted by Gasteiger charge is 2.45. The zero-order chi connectivity index (χ0) is 23.0. The second-order valence-electron chi connectivity index (χ2n) is 9.47. The maximum absolute atomic E-state index is 13.6. The van der Waals surface area contributed by atoms with Crippen LogP contribution in [0.2, 0.25) is 0 Å². The smallest absolute Gasteiger partial charge is 0.238 e. The van der Waals surface area contributed by atoms with Gasteiger partial charge in [0.1, 0.15) is 11.3 Å². The number of hydrogen-bond donors (Lipinski definition) is 4. The highest BCUT2D eigenvalue weighted by molar-refractivity contribution is 7.13. The van der Waals surface area contributed by atoms with Crippen molar-refractivity contribution in [2.75, 3.05) is 6.54 Å². The van der Waals surface area contributed by atoms with Crippen molar-refractivity contribution in [3.8, 4) is 16.2 Å². The maximum Gasteiger partial charge on any atom is 0.238 e. The Balaban J connectivity index is 2.04. The maximum atomic E-state index is 13.6. The molecule has 0 bridgehead atoms. The highest BCUT2D eigenvalue weighted by atomic mass is 32.1. The van der Waals surface area contributed by atoms with Crippen LogP contribution < -0.4 is 16.4 Å². The van der Waals surface area contributed by atoms with E-state index < -0.39 is 17.0 Å². The number of carbonyl (C=O) groups excluding carboxylic acids is 2. The van der Waals surface area contributed by atoms with Gasteiger partial charge in [-0.3, -0.25) is 9.59 Å². The molecule has 3 rings (SSSR count). The number of phenolic OH excluding ortho intramolecular Hbond substituents is 1. The lowest BCUT2D eigenvalue weighted by Crippen LogP contribution is -2.60. The molecule has 0 spiro atoms. The van der Waals surface area contributed by atoms with Crippen LogP contribution in [0.1, 0.15) is 51.8 Å². The minimum absolute atomic E-state index is 0.0676. The van der Waals surface area contributed by atoms with Gasteiger partial charge in [-0.1, -0.05) is 32.9 Å². The highest BCUT2D eigenvalue weighted by Crippen LogP contribution is 2.38. The van der Waals surface area contributed by atoms with E-state index in [1.54, 1.807) is 24.6 Å². The number of amides is 1. The van der Waals surface area contributed by atoms with Crippen molar-refractivity contribution in [2.45, 2.75) is 65.1 Å². The summed E-state index contributed by atoms with van der Waals surface area (Å²) < 4.78 is 0. The second kappa shape index (κ2) is 8.68. The number of nitrogens with two attached hydrogens (primary N) is 1. The molecule has 1 aliphatic heterocycles. The van der Waals surface area contributed by atoms with E-state index in [4.69, 9.17) is 5.73 Å². The average Bonchev–Trinajstić information content (AvgIpc) is 3.37. The van der Waals surface area contributed by atoms with Gasteiger partial charge in [-0.05, 0) is 50.3 Å². The third kappa shape index (κ3) is 4.66. The normalized spacial score (nSPS) is 19.6. The van der Waals surface area contributed by atoms with E-state index in [0.29, 0.717) is 12.0 Å². The van der Waals surface area contributed by atoms with Crippen molar-refractivity contribution < 1.29 is 14.7 Å². The van der Waals surface area contributed by atoms with Gasteiger partial charge in [-0.25, -0.2) is 4.98 Å². The quantitative estimate of drug-likeness (QED) is 0.544. The molecule has 7 nitrogen and oxygen atoms in total. The molecular weight excluding hydrogens is 412 g/mol. The molecule has 1 aliphatic rings. The monoisotopic (exact) mass is 444 g/mol. The summed E-state index contributed by atoms with van der Waals surface area (Å²) in [5.74, 6) is -0.679. The van der Waals surface area contributed by atoms with Gasteiger partial charge in [0.05, 0.1) is 28.2 Å². The van der Waals surface area contributed by atoms with E-state index in [1.807, 2.05) is 33.8 Å². The fourth-order valence-electron chi connectivity index (χ4n) is 3.88. The molecule has 0 radical (unpaired) electrons. The zero-order valence-corrected chi connectivity index (χ0v) is 19.6. The summed E-state index contributed by atoms with van der Waals surface area (Å²) in [7, 11) is 0. The molecule has 2 aromatic rings. The average molecular weight is 445 g/mol. The van der Waals surface area contributed by atoms with Gasteiger partial charge >= 0.3 is 0 Å². The molecule has 1 saturated heterocycles. The molecule has 5 N–H and O–H groups in total. The summed E-state index contributed by atoms with van der Waals surface area (Å²) in [6.07, 6.45) is 1.61. The van der Waals surface area contributed by atoms with Crippen molar-refractivity contribution in [1.29, 1.82) is 0 Å². The van der Waals surface area contributed by atoms with E-state index in [-0.39, 0.29) is 23.5 Å². The van der Waals surface area contributed by atoms with E-state index in [1.165, 1.54) is 11.3 Å². The molecule has 31 heavy (non-hydrogen) atoms. The van der Waals surface area contributed by atoms with Crippen molar-refractivity contribution in [1.82, 2.24) is 15.6 Å².